The Morgan fingerprint density at radius 2 is 1.82 bits per heavy atom. The Morgan fingerprint density at radius 3 is 2.47 bits per heavy atom. The monoisotopic (exact) mass is 242 g/mol. The molecule has 0 saturated heterocycles. The highest BCUT2D eigenvalue weighted by Crippen LogP contribution is 2.15. The zero-order valence-electron chi connectivity index (χ0n) is 10.4. The molecule has 0 amide bonds. The molecule has 0 saturated carbocycles. The lowest BCUT2D eigenvalue weighted by Gasteiger charge is -2.17. The molecule has 88 valence electrons. The Labute approximate surface area is 104 Å². The number of furan rings is 1. The van der Waals surface area contributed by atoms with E-state index in [1.54, 1.807) is 6.26 Å². The van der Waals surface area contributed by atoms with Crippen LogP contribution >= 0.6 is 0 Å². The van der Waals surface area contributed by atoms with Crippen molar-refractivity contribution >= 4 is 14.1 Å². The van der Waals surface area contributed by atoms with Gasteiger partial charge >= 0.3 is 0 Å². The molecule has 0 N–H and O–H groups in total. The molecule has 0 radical (unpaired) electrons. The Hall–Kier alpha value is -1.54. The van der Waals surface area contributed by atoms with Crippen LogP contribution in [-0.4, -0.2) is 8.07 Å². The van der Waals surface area contributed by atoms with Gasteiger partial charge in [0.2, 0.25) is 0 Å². The van der Waals surface area contributed by atoms with Crippen molar-refractivity contribution < 1.29 is 4.42 Å². The summed E-state index contributed by atoms with van der Waals surface area (Å²) in [7, 11) is -1.34. The molecule has 2 aromatic rings. The number of hydrogen-bond acceptors (Lipinski definition) is 1. The van der Waals surface area contributed by atoms with Crippen molar-refractivity contribution in [3.63, 3.8) is 0 Å². The minimum absolute atomic E-state index is 0.943. The smallest absolute Gasteiger partial charge is 0.125 e. The molecule has 0 atom stereocenters. The van der Waals surface area contributed by atoms with Crippen LogP contribution in [0.5, 0.6) is 0 Å². The van der Waals surface area contributed by atoms with Gasteiger partial charge in [-0.25, -0.2) is 0 Å². The summed E-state index contributed by atoms with van der Waals surface area (Å²) in [6.45, 7) is 4.75. The van der Waals surface area contributed by atoms with Crippen LogP contribution in [0.1, 0.15) is 11.3 Å². The first-order valence-corrected chi connectivity index (χ1v) is 9.21. The van der Waals surface area contributed by atoms with Gasteiger partial charge in [0.15, 0.2) is 0 Å². The van der Waals surface area contributed by atoms with E-state index in [4.69, 9.17) is 4.42 Å². The van der Waals surface area contributed by atoms with Gasteiger partial charge in [-0.1, -0.05) is 54.7 Å². The van der Waals surface area contributed by atoms with Crippen molar-refractivity contribution in [2.45, 2.75) is 19.1 Å². The molecule has 1 heterocycles. The summed E-state index contributed by atoms with van der Waals surface area (Å²) < 4.78 is 5.31. The van der Waals surface area contributed by atoms with Gasteiger partial charge in [0, 0.05) is 0 Å². The topological polar surface area (TPSA) is 13.1 Å². The Morgan fingerprint density at radius 1 is 1.06 bits per heavy atom. The third-order valence-corrected chi connectivity index (χ3v) is 5.13. The number of hydrogen-bond donors (Lipinski definition) is 0. The molecule has 0 spiro atoms. The zero-order valence-corrected chi connectivity index (χ0v) is 11.4. The quantitative estimate of drug-likeness (QED) is 0.728. The van der Waals surface area contributed by atoms with Crippen molar-refractivity contribution in [1.82, 2.24) is 0 Å². The van der Waals surface area contributed by atoms with Gasteiger partial charge in [0.25, 0.3) is 0 Å². The molecule has 1 nitrogen and oxygen atoms in total. The summed E-state index contributed by atoms with van der Waals surface area (Å²) in [6, 6.07) is 15.8. The van der Waals surface area contributed by atoms with E-state index in [0.29, 0.717) is 0 Å². The van der Waals surface area contributed by atoms with E-state index in [0.717, 1.165) is 5.76 Å². The first-order valence-electron chi connectivity index (χ1n) is 5.92. The molecule has 0 bridgehead atoms. The van der Waals surface area contributed by atoms with E-state index in [9.17, 15) is 0 Å². The molecule has 0 fully saturated rings. The summed E-state index contributed by atoms with van der Waals surface area (Å²) in [6.07, 6.45) is 3.82. The van der Waals surface area contributed by atoms with E-state index in [-0.39, 0.29) is 0 Å². The fourth-order valence-corrected chi connectivity index (χ4v) is 3.90. The summed E-state index contributed by atoms with van der Waals surface area (Å²) in [5, 5.41) is 0. The third-order valence-electron chi connectivity index (χ3n) is 2.74. The van der Waals surface area contributed by atoms with Crippen LogP contribution in [0.4, 0.5) is 0 Å². The largest absolute Gasteiger partial charge is 0.465 e. The van der Waals surface area contributed by atoms with Crippen molar-refractivity contribution in [1.29, 1.82) is 0 Å². The molecule has 1 aromatic carbocycles. The van der Waals surface area contributed by atoms with Crippen LogP contribution in [0, 0.1) is 0 Å². The second-order valence-corrected chi connectivity index (χ2v) is 9.66. The molecular formula is C15H18OSi. The van der Waals surface area contributed by atoms with Crippen LogP contribution in [0.3, 0.4) is 0 Å². The van der Waals surface area contributed by atoms with Crippen LogP contribution in [0.25, 0.3) is 6.08 Å². The van der Waals surface area contributed by atoms with Crippen molar-refractivity contribution in [3.05, 3.63) is 65.8 Å². The fourth-order valence-electron chi connectivity index (χ4n) is 1.87. The second kappa shape index (κ2) is 5.19. The highest BCUT2D eigenvalue weighted by atomic mass is 28.3. The lowest BCUT2D eigenvalue weighted by Crippen LogP contribution is -2.26. The van der Waals surface area contributed by atoms with Gasteiger partial charge in [-0.05, 0) is 24.3 Å². The highest BCUT2D eigenvalue weighted by Gasteiger charge is 2.17. The number of rotatable bonds is 4. The normalized spacial score (nSPS) is 12.1. The molecule has 0 aliphatic carbocycles. The summed E-state index contributed by atoms with van der Waals surface area (Å²) >= 11 is 0. The molecule has 2 heteroatoms. The molecule has 2 rings (SSSR count). The molecule has 1 aromatic heterocycles. The highest BCUT2D eigenvalue weighted by molar-refractivity contribution is 6.82. The van der Waals surface area contributed by atoms with E-state index in [1.807, 2.05) is 12.1 Å². The minimum atomic E-state index is -1.34. The van der Waals surface area contributed by atoms with Crippen LogP contribution in [0.15, 0.2) is 58.8 Å². The zero-order chi connectivity index (χ0) is 12.1. The predicted molar refractivity (Wildman–Crippen MR) is 75.4 cm³/mol. The molecule has 17 heavy (non-hydrogen) atoms. The fraction of sp³-hybridized carbons (Fsp3) is 0.200. The predicted octanol–water partition coefficient (Wildman–Crippen LogP) is 4.32. The molecule has 0 aliphatic rings. The maximum absolute atomic E-state index is 5.31. The van der Waals surface area contributed by atoms with Gasteiger partial charge in [-0.2, -0.15) is 0 Å². The molecule has 0 aliphatic heterocycles. The first-order chi connectivity index (χ1) is 8.16. The Bertz CT molecular complexity index is 469. The van der Waals surface area contributed by atoms with Crippen molar-refractivity contribution in [2.24, 2.45) is 0 Å². The van der Waals surface area contributed by atoms with Gasteiger partial charge in [-0.3, -0.25) is 0 Å². The van der Waals surface area contributed by atoms with Gasteiger partial charge in [-0.15, -0.1) is 0 Å². The van der Waals surface area contributed by atoms with Gasteiger partial charge in [0.1, 0.15) is 5.76 Å². The Kier molecular flexibility index (Phi) is 3.64. The summed E-state index contributed by atoms with van der Waals surface area (Å²) in [5.41, 5.74) is 3.77. The maximum Gasteiger partial charge on any atom is 0.125 e. The minimum Gasteiger partial charge on any atom is -0.465 e. The SMILES string of the molecule is C[Si](C)(/C=C/c1ccco1)Cc1ccccc1. The third kappa shape index (κ3) is 3.75. The van der Waals surface area contributed by atoms with E-state index in [2.05, 4.69) is 55.2 Å². The van der Waals surface area contributed by atoms with Gasteiger partial charge < -0.3 is 4.42 Å². The van der Waals surface area contributed by atoms with E-state index < -0.39 is 8.07 Å². The van der Waals surface area contributed by atoms with Crippen molar-refractivity contribution in [2.75, 3.05) is 0 Å². The molecule has 0 unspecified atom stereocenters. The van der Waals surface area contributed by atoms with Gasteiger partial charge in [0.05, 0.1) is 14.3 Å². The van der Waals surface area contributed by atoms with Crippen LogP contribution < -0.4 is 0 Å². The van der Waals surface area contributed by atoms with E-state index in [1.165, 1.54) is 11.6 Å². The maximum atomic E-state index is 5.31. The molecular weight excluding hydrogens is 224 g/mol. The first kappa shape index (κ1) is 11.9. The summed E-state index contributed by atoms with van der Waals surface area (Å²) in [4.78, 5) is 0. The van der Waals surface area contributed by atoms with Crippen LogP contribution in [0.2, 0.25) is 13.1 Å². The average Bonchev–Trinajstić information content (AvgIpc) is 2.80. The van der Waals surface area contributed by atoms with Crippen LogP contribution in [-0.2, 0) is 6.04 Å². The average molecular weight is 242 g/mol. The number of benzene rings is 1. The standard InChI is InChI=1S/C15H18OSi/c1-17(2,12-10-15-9-6-11-16-15)13-14-7-4-3-5-8-14/h3-12H,13H2,1-2H3/b12-10+. The van der Waals surface area contributed by atoms with Crippen molar-refractivity contribution in [3.8, 4) is 0 Å². The lowest BCUT2D eigenvalue weighted by molar-refractivity contribution is 0.557. The second-order valence-electron chi connectivity index (χ2n) is 5.00. The Balaban J connectivity index is 2.04. The summed E-state index contributed by atoms with van der Waals surface area (Å²) in [5.74, 6) is 0.943. The van der Waals surface area contributed by atoms with E-state index >= 15 is 0 Å². The lowest BCUT2D eigenvalue weighted by atomic mass is 10.2.